The number of rotatable bonds is 12. The van der Waals surface area contributed by atoms with Crippen LogP contribution in [-0.4, -0.2) is 98.4 Å². The number of carboxylic acid groups (broad SMARTS) is 2. The lowest BCUT2D eigenvalue weighted by Gasteiger charge is -2.15. The Morgan fingerprint density at radius 3 is 2.42 bits per heavy atom. The third kappa shape index (κ3) is 14.3. The van der Waals surface area contributed by atoms with Gasteiger partial charge in [0.2, 0.25) is 10.7 Å². The summed E-state index contributed by atoms with van der Waals surface area (Å²) in [4.78, 5) is 77.1. The van der Waals surface area contributed by atoms with Crippen LogP contribution in [0.15, 0.2) is 80.4 Å². The van der Waals surface area contributed by atoms with Crippen molar-refractivity contribution in [2.24, 2.45) is 4.99 Å². The molecule has 6 aromatic rings. The van der Waals surface area contributed by atoms with E-state index < -0.39 is 56.8 Å². The van der Waals surface area contributed by atoms with Crippen LogP contribution in [0.4, 0.5) is 20.8 Å². The fourth-order valence-corrected chi connectivity index (χ4v) is 9.64. The molecule has 0 aliphatic carbocycles. The van der Waals surface area contributed by atoms with Crippen molar-refractivity contribution < 1.29 is 56.4 Å². The van der Waals surface area contributed by atoms with Crippen LogP contribution in [0.1, 0.15) is 29.0 Å². The van der Waals surface area contributed by atoms with Crippen LogP contribution in [0.3, 0.4) is 0 Å². The molecule has 0 unspecified atom stereocenters. The number of aromatic carboxylic acids is 1. The quantitative estimate of drug-likeness (QED) is 0.0607. The van der Waals surface area contributed by atoms with Crippen molar-refractivity contribution in [2.45, 2.75) is 42.6 Å². The Labute approximate surface area is 410 Å². The molecule has 4 N–H and O–H groups in total. The number of ether oxygens (including phenoxy) is 3. The van der Waals surface area contributed by atoms with Crippen molar-refractivity contribution in [2.75, 3.05) is 31.9 Å². The van der Waals surface area contributed by atoms with E-state index >= 15 is 0 Å². The molecular weight excluding hydrogens is 1100 g/mol. The topological polar surface area (TPSA) is 285 Å². The number of esters is 1. The maximum absolute atomic E-state index is 14.3. The molecular formula is C39H35Cl2FIN9O12S3. The Morgan fingerprint density at radius 2 is 1.73 bits per heavy atom. The third-order valence-corrected chi connectivity index (χ3v) is 13.2. The molecule has 1 aliphatic rings. The number of aromatic nitrogens is 6. The number of methoxy groups -OCH3 is 2. The average molecular weight is 1130 g/mol. The molecule has 2 amide bonds. The van der Waals surface area contributed by atoms with Gasteiger partial charge in [-0.1, -0.05) is 23.2 Å². The Kier molecular flexibility index (Phi) is 18.4. The van der Waals surface area contributed by atoms with E-state index in [1.165, 1.54) is 33.3 Å². The molecule has 1 aliphatic heterocycles. The fraction of sp³-hybridized carbons (Fsp3) is 0.231. The van der Waals surface area contributed by atoms with Crippen LogP contribution in [0.5, 0.6) is 11.8 Å². The van der Waals surface area contributed by atoms with Gasteiger partial charge in [-0.15, -0.1) is 11.8 Å². The SMILES string of the molecule is COC(=O)CSc1cc(/N=c2\sc(=O)n3n2CCCC3)c(F)cc1Cl.COc1nc(C)nc(NC(=O)NS(=O)(=O)c2cc(I)ccc2C(=O)O)n1.O=C(O)COc1ccc(Cl)c2cccnc12. The summed E-state index contributed by atoms with van der Waals surface area (Å²) in [5.41, 5.74) is 0.180. The van der Waals surface area contributed by atoms with Crippen LogP contribution in [0.2, 0.25) is 10.0 Å². The van der Waals surface area contributed by atoms with Crippen molar-refractivity contribution in [3.8, 4) is 11.8 Å². The zero-order valence-electron chi connectivity index (χ0n) is 34.9. The van der Waals surface area contributed by atoms with Crippen molar-refractivity contribution >= 4 is 125 Å². The second-order valence-electron chi connectivity index (χ2n) is 13.1. The molecule has 28 heteroatoms. The summed E-state index contributed by atoms with van der Waals surface area (Å²) in [6.45, 7) is 2.45. The van der Waals surface area contributed by atoms with E-state index in [4.69, 9.17) is 42.9 Å². The summed E-state index contributed by atoms with van der Waals surface area (Å²) in [5, 5.41) is 21.3. The van der Waals surface area contributed by atoms with Gasteiger partial charge in [-0.05, 0) is 108 Å². The van der Waals surface area contributed by atoms with E-state index in [-0.39, 0.29) is 39.1 Å². The van der Waals surface area contributed by atoms with E-state index in [0.29, 0.717) is 42.6 Å². The molecule has 0 saturated carbocycles. The number of pyridine rings is 1. The van der Waals surface area contributed by atoms with Crippen LogP contribution in [0, 0.1) is 16.3 Å². The molecule has 0 spiro atoms. The van der Waals surface area contributed by atoms with E-state index in [0.717, 1.165) is 59.5 Å². The highest BCUT2D eigenvalue weighted by atomic mass is 127. The number of carbonyl (C=O) groups is 4. The number of anilines is 1. The first-order chi connectivity index (χ1) is 31.8. The van der Waals surface area contributed by atoms with Gasteiger partial charge in [0.25, 0.3) is 10.0 Å². The van der Waals surface area contributed by atoms with Crippen molar-refractivity contribution in [3.63, 3.8) is 0 Å². The molecule has 0 radical (unpaired) electrons. The lowest BCUT2D eigenvalue weighted by molar-refractivity contribution is -0.139. The first-order valence-electron chi connectivity index (χ1n) is 18.9. The van der Waals surface area contributed by atoms with Crippen molar-refractivity contribution in [1.29, 1.82) is 0 Å². The van der Waals surface area contributed by atoms with Crippen LogP contribution in [-0.2, 0) is 37.4 Å². The van der Waals surface area contributed by atoms with E-state index in [1.807, 2.05) is 22.6 Å². The van der Waals surface area contributed by atoms with E-state index in [1.54, 1.807) is 44.5 Å². The Bertz CT molecular complexity index is 3100. The van der Waals surface area contributed by atoms with Crippen LogP contribution < -0.4 is 29.2 Å². The highest BCUT2D eigenvalue weighted by molar-refractivity contribution is 14.1. The number of nitrogens with zero attached hydrogens (tertiary/aromatic N) is 7. The predicted molar refractivity (Wildman–Crippen MR) is 252 cm³/mol. The normalized spacial score (nSPS) is 12.1. The molecule has 21 nitrogen and oxygen atoms in total. The van der Waals surface area contributed by atoms with Gasteiger partial charge >= 0.3 is 34.8 Å². The standard InChI is InChI=1S/C15H15ClFN3O3S2.C13H12IN5O6S.C11H8ClNO3/c1-23-13(21)8-24-12-7-11(10(17)6-9(12)16)18-14-19-4-2-3-5-20(19)15(22)25-14;1-6-15-11(18-13(16-6)25-2)17-12(22)19-26(23,24)9-5-7(14)3-4-8(9)10(20)21;12-8-3-4-9(16-6-10(14)15)11-7(8)2-1-5-13-11/h6-7H,2-5,8H2,1H3;3-5H,1-2H3,(H,20,21)(H2,15,16,17,18,19,22);1-5H,6H2,(H,14,15)/b18-14-;;. The van der Waals surface area contributed by atoms with Crippen molar-refractivity contribution in [3.05, 3.63) is 106 Å². The number of thioether (sulfide) groups is 1. The van der Waals surface area contributed by atoms with Gasteiger partial charge in [-0.2, -0.15) is 15.0 Å². The molecule has 0 fully saturated rings. The minimum atomic E-state index is -4.45. The van der Waals surface area contributed by atoms with Gasteiger partial charge in [-0.25, -0.2) is 41.6 Å². The molecule has 3 aromatic heterocycles. The second kappa shape index (κ2) is 23.7. The fourth-order valence-electron chi connectivity index (χ4n) is 5.60. The number of carbonyl (C=O) groups excluding carboxylic acids is 2. The van der Waals surface area contributed by atoms with Crippen LogP contribution in [0.25, 0.3) is 10.9 Å². The highest BCUT2D eigenvalue weighted by Crippen LogP contribution is 2.33. The number of benzene rings is 3. The van der Waals surface area contributed by atoms with Crippen molar-refractivity contribution in [1.82, 2.24) is 34.0 Å². The Hall–Kier alpha value is -5.94. The summed E-state index contributed by atoms with van der Waals surface area (Å²) in [5.74, 6) is -2.97. The molecule has 0 atom stereocenters. The zero-order valence-corrected chi connectivity index (χ0v) is 41.0. The smallest absolute Gasteiger partial charge is 0.341 e. The summed E-state index contributed by atoms with van der Waals surface area (Å²) in [7, 11) is -1.84. The first kappa shape index (κ1) is 52.0. The summed E-state index contributed by atoms with van der Waals surface area (Å²) in [6.07, 6.45) is 3.50. The Morgan fingerprint density at radius 1 is 1.00 bits per heavy atom. The Balaban J connectivity index is 0.000000193. The summed E-state index contributed by atoms with van der Waals surface area (Å²) >= 11 is 16.0. The predicted octanol–water partition coefficient (Wildman–Crippen LogP) is 6.15. The number of hydrogen-bond acceptors (Lipinski definition) is 17. The average Bonchev–Trinajstić information content (AvgIpc) is 3.60. The lowest BCUT2D eigenvalue weighted by atomic mass is 10.2. The number of halogens is 4. The number of nitrogens with one attached hydrogen (secondary N) is 2. The lowest BCUT2D eigenvalue weighted by Crippen LogP contribution is -2.35. The van der Waals surface area contributed by atoms with Gasteiger partial charge in [-0.3, -0.25) is 24.6 Å². The number of carboxylic acids is 2. The summed E-state index contributed by atoms with van der Waals surface area (Å²) < 4.78 is 59.2. The maximum Gasteiger partial charge on any atom is 0.341 e. The highest BCUT2D eigenvalue weighted by Gasteiger charge is 2.25. The molecule has 67 heavy (non-hydrogen) atoms. The van der Waals surface area contributed by atoms with Gasteiger partial charge in [0.1, 0.15) is 33.5 Å². The van der Waals surface area contributed by atoms with Gasteiger partial charge in [0, 0.05) is 33.1 Å². The zero-order chi connectivity index (χ0) is 49.0. The number of fused-ring (bicyclic) bond motifs is 2. The summed E-state index contributed by atoms with van der Waals surface area (Å²) in [6, 6.07) is 11.9. The monoisotopic (exact) mass is 1130 g/mol. The molecule has 0 saturated heterocycles. The number of aryl methyl sites for hydroxylation is 1. The second-order valence-corrected chi connectivity index (χ2v) is 18.8. The van der Waals surface area contributed by atoms with Crippen LogP contribution >= 0.6 is 68.9 Å². The number of urea groups is 1. The maximum atomic E-state index is 14.3. The third-order valence-electron chi connectivity index (χ3n) is 8.54. The van der Waals surface area contributed by atoms with E-state index in [9.17, 15) is 36.8 Å². The molecule has 0 bridgehead atoms. The number of sulfonamides is 1. The number of amides is 2. The van der Waals surface area contributed by atoms with Gasteiger partial charge in [0.05, 0.1) is 35.6 Å². The minimum absolute atomic E-state index is 0.0605. The van der Waals surface area contributed by atoms with Gasteiger partial charge < -0.3 is 24.4 Å². The molecule has 7 rings (SSSR count). The van der Waals surface area contributed by atoms with E-state index in [2.05, 4.69) is 35.0 Å². The minimum Gasteiger partial charge on any atom is -0.480 e. The largest absolute Gasteiger partial charge is 0.480 e. The molecule has 4 heterocycles. The molecule has 354 valence electrons. The number of aliphatic carboxylic acids is 1. The van der Waals surface area contributed by atoms with Gasteiger partial charge in [0.15, 0.2) is 6.61 Å². The first-order valence-corrected chi connectivity index (χ1v) is 24.0. The number of hydrogen-bond donors (Lipinski definition) is 4. The molecule has 3 aromatic carbocycles.